The van der Waals surface area contributed by atoms with Crippen LogP contribution in [0.1, 0.15) is 29.7 Å². The van der Waals surface area contributed by atoms with Crippen molar-refractivity contribution < 1.29 is 17.6 Å². The quantitative estimate of drug-likeness (QED) is 0.819. The van der Waals surface area contributed by atoms with Gasteiger partial charge in [-0.2, -0.15) is 18.3 Å². The molecule has 1 aromatic carbocycles. The first-order chi connectivity index (χ1) is 9.88. The van der Waals surface area contributed by atoms with Crippen molar-refractivity contribution in [2.24, 2.45) is 0 Å². The number of hydrogen-bond acceptors (Lipinski definition) is 2. The minimum atomic E-state index is -4.53. The van der Waals surface area contributed by atoms with E-state index in [1.807, 2.05) is 0 Å². The molecule has 0 aliphatic heterocycles. The van der Waals surface area contributed by atoms with E-state index in [2.05, 4.69) is 5.10 Å². The molecule has 0 amide bonds. The number of rotatable bonds is 1. The number of aromatic nitrogens is 2. The Labute approximate surface area is 118 Å². The van der Waals surface area contributed by atoms with Gasteiger partial charge in [0.05, 0.1) is 5.56 Å². The lowest BCUT2D eigenvalue weighted by molar-refractivity contribution is -0.137. The summed E-state index contributed by atoms with van der Waals surface area (Å²) in [5, 5.41) is 4.03. The monoisotopic (exact) mass is 299 g/mol. The zero-order valence-corrected chi connectivity index (χ0v) is 11.0. The number of nitrogens with two attached hydrogens (primary N) is 1. The first-order valence-electron chi connectivity index (χ1n) is 6.61. The Morgan fingerprint density at radius 1 is 1.14 bits per heavy atom. The summed E-state index contributed by atoms with van der Waals surface area (Å²) in [5.74, 6) is -0.486. The van der Waals surface area contributed by atoms with E-state index in [4.69, 9.17) is 5.73 Å². The summed E-state index contributed by atoms with van der Waals surface area (Å²) in [6.07, 6.45) is -1.33. The predicted molar refractivity (Wildman–Crippen MR) is 69.6 cm³/mol. The van der Waals surface area contributed by atoms with Crippen LogP contribution in [0.15, 0.2) is 18.2 Å². The summed E-state index contributed by atoms with van der Waals surface area (Å²) >= 11 is 0. The lowest BCUT2D eigenvalue weighted by Gasteiger charge is -2.15. The molecule has 0 radical (unpaired) electrons. The fourth-order valence-corrected chi connectivity index (χ4v) is 2.68. The van der Waals surface area contributed by atoms with Gasteiger partial charge in [0.1, 0.15) is 17.3 Å². The van der Waals surface area contributed by atoms with E-state index in [0.717, 1.165) is 43.0 Å². The second-order valence-corrected chi connectivity index (χ2v) is 5.09. The van der Waals surface area contributed by atoms with Gasteiger partial charge in [0.25, 0.3) is 0 Å². The molecular formula is C14H13F4N3. The molecule has 7 heteroatoms. The number of alkyl halides is 3. The Morgan fingerprint density at radius 3 is 2.57 bits per heavy atom. The molecule has 2 aromatic rings. The average Bonchev–Trinajstić information content (AvgIpc) is 2.76. The smallest absolute Gasteiger partial charge is 0.382 e. The number of halogens is 4. The number of hydrogen-bond donors (Lipinski definition) is 1. The van der Waals surface area contributed by atoms with Crippen molar-refractivity contribution >= 4 is 5.82 Å². The fraction of sp³-hybridized carbons (Fsp3) is 0.357. The van der Waals surface area contributed by atoms with Crippen LogP contribution >= 0.6 is 0 Å². The zero-order chi connectivity index (χ0) is 15.2. The molecule has 2 N–H and O–H groups in total. The first kappa shape index (κ1) is 13.9. The van der Waals surface area contributed by atoms with Crippen LogP contribution < -0.4 is 5.73 Å². The molecule has 3 rings (SSSR count). The van der Waals surface area contributed by atoms with Gasteiger partial charge in [0, 0.05) is 11.3 Å². The van der Waals surface area contributed by atoms with Crippen LogP contribution in [-0.4, -0.2) is 9.78 Å². The van der Waals surface area contributed by atoms with Gasteiger partial charge in [-0.25, -0.2) is 9.07 Å². The van der Waals surface area contributed by atoms with Crippen LogP contribution in [0.4, 0.5) is 23.4 Å². The van der Waals surface area contributed by atoms with Crippen LogP contribution in [0.2, 0.25) is 0 Å². The highest BCUT2D eigenvalue weighted by atomic mass is 19.4. The lowest BCUT2D eigenvalue weighted by atomic mass is 9.97. The van der Waals surface area contributed by atoms with Gasteiger partial charge < -0.3 is 5.73 Å². The van der Waals surface area contributed by atoms with E-state index in [1.54, 1.807) is 0 Å². The standard InChI is InChI=1S/C14H13F4N3/c15-10-6-5-8(14(16,17)18)7-12(10)21-11-4-2-1-3-9(11)13(19)20-21/h5-7H,1-4H2,(H2,19,20). The highest BCUT2D eigenvalue weighted by molar-refractivity contribution is 5.49. The van der Waals surface area contributed by atoms with E-state index in [-0.39, 0.29) is 11.5 Å². The molecule has 1 aliphatic carbocycles. The van der Waals surface area contributed by atoms with Crippen molar-refractivity contribution in [1.29, 1.82) is 0 Å². The first-order valence-corrected chi connectivity index (χ1v) is 6.61. The summed E-state index contributed by atoms with van der Waals surface area (Å²) in [5.41, 5.74) is 6.21. The highest BCUT2D eigenvalue weighted by Crippen LogP contribution is 2.33. The minimum Gasteiger partial charge on any atom is -0.382 e. The molecule has 0 spiro atoms. The van der Waals surface area contributed by atoms with Crippen LogP contribution in [0, 0.1) is 5.82 Å². The van der Waals surface area contributed by atoms with E-state index in [1.165, 1.54) is 4.68 Å². The number of benzene rings is 1. The topological polar surface area (TPSA) is 43.8 Å². The van der Waals surface area contributed by atoms with Crippen molar-refractivity contribution in [2.45, 2.75) is 31.9 Å². The molecule has 112 valence electrons. The van der Waals surface area contributed by atoms with E-state index < -0.39 is 17.6 Å². The summed E-state index contributed by atoms with van der Waals surface area (Å²) < 4.78 is 53.5. The van der Waals surface area contributed by atoms with Crippen LogP contribution in [-0.2, 0) is 19.0 Å². The summed E-state index contributed by atoms with van der Waals surface area (Å²) in [6.45, 7) is 0. The highest BCUT2D eigenvalue weighted by Gasteiger charge is 2.32. The molecule has 0 bridgehead atoms. The molecule has 3 nitrogen and oxygen atoms in total. The largest absolute Gasteiger partial charge is 0.416 e. The summed E-state index contributed by atoms with van der Waals surface area (Å²) in [7, 11) is 0. The summed E-state index contributed by atoms with van der Waals surface area (Å²) in [6, 6.07) is 2.31. The van der Waals surface area contributed by atoms with E-state index in [9.17, 15) is 17.6 Å². The molecule has 0 fully saturated rings. The Bertz CT molecular complexity index is 688. The van der Waals surface area contributed by atoms with E-state index in [0.29, 0.717) is 12.1 Å². The van der Waals surface area contributed by atoms with Gasteiger partial charge in [0.15, 0.2) is 0 Å². The normalized spacial score (nSPS) is 15.0. The van der Waals surface area contributed by atoms with Gasteiger partial charge >= 0.3 is 6.18 Å². The lowest BCUT2D eigenvalue weighted by Crippen LogP contribution is -2.11. The maximum Gasteiger partial charge on any atom is 0.416 e. The second-order valence-electron chi connectivity index (χ2n) is 5.09. The molecule has 0 atom stereocenters. The van der Waals surface area contributed by atoms with E-state index >= 15 is 0 Å². The molecule has 1 heterocycles. The average molecular weight is 299 g/mol. The molecule has 0 saturated heterocycles. The molecule has 1 aromatic heterocycles. The van der Waals surface area contributed by atoms with Crippen molar-refractivity contribution in [1.82, 2.24) is 9.78 Å². The number of fused-ring (bicyclic) bond motifs is 1. The van der Waals surface area contributed by atoms with Crippen LogP contribution in [0.3, 0.4) is 0 Å². The van der Waals surface area contributed by atoms with Crippen molar-refractivity contribution in [3.8, 4) is 5.69 Å². The number of nitrogen functional groups attached to an aromatic ring is 1. The van der Waals surface area contributed by atoms with Gasteiger partial charge in [-0.3, -0.25) is 0 Å². The Morgan fingerprint density at radius 2 is 1.86 bits per heavy atom. The van der Waals surface area contributed by atoms with Crippen molar-refractivity contribution in [3.05, 3.63) is 40.8 Å². The van der Waals surface area contributed by atoms with Crippen molar-refractivity contribution in [2.75, 3.05) is 5.73 Å². The number of nitrogens with zero attached hydrogens (tertiary/aromatic N) is 2. The third-order valence-corrected chi connectivity index (χ3v) is 3.71. The third kappa shape index (κ3) is 2.36. The van der Waals surface area contributed by atoms with Crippen molar-refractivity contribution in [3.63, 3.8) is 0 Å². The minimum absolute atomic E-state index is 0.209. The fourth-order valence-electron chi connectivity index (χ4n) is 2.68. The second kappa shape index (κ2) is 4.75. The Balaban J connectivity index is 2.17. The van der Waals surface area contributed by atoms with Gasteiger partial charge in [-0.15, -0.1) is 0 Å². The predicted octanol–water partition coefficient (Wildman–Crippen LogP) is 3.49. The molecule has 21 heavy (non-hydrogen) atoms. The molecular weight excluding hydrogens is 286 g/mol. The third-order valence-electron chi connectivity index (χ3n) is 3.71. The van der Waals surface area contributed by atoms with Crippen LogP contribution in [0.25, 0.3) is 5.69 Å². The van der Waals surface area contributed by atoms with Gasteiger partial charge in [0.2, 0.25) is 0 Å². The van der Waals surface area contributed by atoms with Crippen LogP contribution in [0.5, 0.6) is 0 Å². The zero-order valence-electron chi connectivity index (χ0n) is 11.0. The van der Waals surface area contributed by atoms with Gasteiger partial charge in [-0.1, -0.05) is 0 Å². The summed E-state index contributed by atoms with van der Waals surface area (Å²) in [4.78, 5) is 0. The Hall–Kier alpha value is -2.05. The number of anilines is 1. The Kier molecular flexibility index (Phi) is 3.15. The molecule has 0 unspecified atom stereocenters. The molecule has 1 aliphatic rings. The molecule has 0 saturated carbocycles. The maximum absolute atomic E-state index is 14.0. The van der Waals surface area contributed by atoms with Gasteiger partial charge in [-0.05, 0) is 43.9 Å². The SMILES string of the molecule is Nc1nn(-c2cc(C(F)(F)F)ccc2F)c2c1CCCC2. The maximum atomic E-state index is 14.0.